The molecule has 0 saturated heterocycles. The molecular formula is C29H28N2O3. The maximum Gasteiger partial charge on any atom is 0.251 e. The van der Waals surface area contributed by atoms with Gasteiger partial charge in [-0.05, 0) is 90.0 Å². The Balaban J connectivity index is 1.15. The minimum Gasteiger partial charge on any atom is -0.454 e. The van der Waals surface area contributed by atoms with Gasteiger partial charge in [0.2, 0.25) is 6.79 Å². The van der Waals surface area contributed by atoms with Gasteiger partial charge in [0.1, 0.15) is 0 Å². The van der Waals surface area contributed by atoms with E-state index in [1.807, 2.05) is 24.3 Å². The maximum absolute atomic E-state index is 13.1. The van der Waals surface area contributed by atoms with E-state index in [-0.39, 0.29) is 12.7 Å². The van der Waals surface area contributed by atoms with Crippen molar-refractivity contribution < 1.29 is 14.3 Å². The van der Waals surface area contributed by atoms with E-state index >= 15 is 0 Å². The molecule has 0 radical (unpaired) electrons. The van der Waals surface area contributed by atoms with Gasteiger partial charge in [0.15, 0.2) is 11.5 Å². The van der Waals surface area contributed by atoms with Gasteiger partial charge in [-0.1, -0.05) is 36.4 Å². The summed E-state index contributed by atoms with van der Waals surface area (Å²) in [6.45, 7) is 0.709. The lowest BCUT2D eigenvalue weighted by molar-refractivity contribution is 0.0950. The van der Waals surface area contributed by atoms with Crippen LogP contribution < -0.4 is 20.1 Å². The third-order valence-corrected chi connectivity index (χ3v) is 8.40. The van der Waals surface area contributed by atoms with Crippen molar-refractivity contribution in [2.45, 2.75) is 37.8 Å². The van der Waals surface area contributed by atoms with Gasteiger partial charge in [0.25, 0.3) is 5.91 Å². The molecule has 0 unspecified atom stereocenters. The Kier molecular flexibility index (Phi) is 4.57. The highest BCUT2D eigenvalue weighted by atomic mass is 16.7. The molecule has 2 heterocycles. The standard InChI is InChI=1S/C29H28N2O3/c32-29(30-15-17-6-11-24-25(12-17)34-16-33-24)21-9-10-23-22(14-21)26-19-7-8-20(13-19)27(26)28(31-23)18-4-2-1-3-5-18/h1-6,9-12,14,19-20,26-28,31H,7-8,13,15-16H2,(H,30,32)/t19-,20+,26+,27+,28-/m0/s1. The van der Waals surface area contributed by atoms with Crippen LogP contribution in [-0.4, -0.2) is 12.7 Å². The first-order valence-corrected chi connectivity index (χ1v) is 12.4. The third kappa shape index (κ3) is 3.17. The molecule has 3 aromatic rings. The van der Waals surface area contributed by atoms with Crippen molar-refractivity contribution in [2.24, 2.45) is 17.8 Å². The van der Waals surface area contributed by atoms with Gasteiger partial charge in [0.05, 0.1) is 6.04 Å². The molecule has 34 heavy (non-hydrogen) atoms. The molecular weight excluding hydrogens is 424 g/mol. The van der Waals surface area contributed by atoms with Gasteiger partial charge in [-0.3, -0.25) is 4.79 Å². The Bertz CT molecular complexity index is 1260. The van der Waals surface area contributed by atoms with E-state index in [1.165, 1.54) is 36.1 Å². The van der Waals surface area contributed by atoms with Crippen molar-refractivity contribution >= 4 is 11.6 Å². The van der Waals surface area contributed by atoms with Gasteiger partial charge in [-0.25, -0.2) is 0 Å². The molecule has 4 aliphatic rings. The van der Waals surface area contributed by atoms with Crippen LogP contribution in [0.2, 0.25) is 0 Å². The van der Waals surface area contributed by atoms with Gasteiger partial charge < -0.3 is 20.1 Å². The van der Waals surface area contributed by atoms with Crippen LogP contribution in [0.25, 0.3) is 0 Å². The van der Waals surface area contributed by atoms with Crippen LogP contribution in [0, 0.1) is 17.8 Å². The highest BCUT2D eigenvalue weighted by Crippen LogP contribution is 2.63. The van der Waals surface area contributed by atoms with E-state index in [9.17, 15) is 4.79 Å². The zero-order chi connectivity index (χ0) is 22.6. The zero-order valence-electron chi connectivity index (χ0n) is 19.0. The second-order valence-corrected chi connectivity index (χ2v) is 10.1. The summed E-state index contributed by atoms with van der Waals surface area (Å²) in [7, 11) is 0. The first-order valence-electron chi connectivity index (χ1n) is 12.4. The van der Waals surface area contributed by atoms with Crippen LogP contribution in [0.4, 0.5) is 5.69 Å². The van der Waals surface area contributed by atoms with Crippen LogP contribution in [0.1, 0.15) is 58.3 Å². The topological polar surface area (TPSA) is 59.6 Å². The molecule has 5 atom stereocenters. The summed E-state index contributed by atoms with van der Waals surface area (Å²) in [6, 6.07) is 23.2. The molecule has 5 heteroatoms. The van der Waals surface area contributed by atoms with Gasteiger partial charge in [0, 0.05) is 17.8 Å². The van der Waals surface area contributed by atoms with Crippen molar-refractivity contribution in [3.8, 4) is 11.5 Å². The SMILES string of the molecule is O=C(NCc1ccc2c(c1)OCO2)c1ccc2c(c1)[C@H]1[C@H]3CC[C@H](C3)[C@H]1[C@H](c1ccccc1)N2. The number of benzene rings is 3. The lowest BCUT2D eigenvalue weighted by atomic mass is 9.68. The lowest BCUT2D eigenvalue weighted by Gasteiger charge is -2.43. The predicted octanol–water partition coefficient (Wildman–Crippen LogP) is 5.64. The molecule has 0 spiro atoms. The Morgan fingerprint density at radius 2 is 1.79 bits per heavy atom. The summed E-state index contributed by atoms with van der Waals surface area (Å²) in [5.74, 6) is 4.08. The fourth-order valence-corrected chi connectivity index (χ4v) is 6.95. The van der Waals surface area contributed by atoms with Crippen molar-refractivity contribution in [3.05, 3.63) is 89.0 Å². The fourth-order valence-electron chi connectivity index (χ4n) is 6.95. The number of amides is 1. The van der Waals surface area contributed by atoms with Gasteiger partial charge >= 0.3 is 0 Å². The molecule has 1 amide bonds. The second-order valence-electron chi connectivity index (χ2n) is 10.1. The summed E-state index contributed by atoms with van der Waals surface area (Å²) < 4.78 is 10.8. The average Bonchev–Trinajstić information content (AvgIpc) is 3.63. The van der Waals surface area contributed by atoms with Crippen LogP contribution >= 0.6 is 0 Å². The van der Waals surface area contributed by atoms with Crippen molar-refractivity contribution in [1.82, 2.24) is 5.32 Å². The zero-order valence-corrected chi connectivity index (χ0v) is 19.0. The minimum atomic E-state index is -0.0367. The number of hydrogen-bond acceptors (Lipinski definition) is 4. The predicted molar refractivity (Wildman–Crippen MR) is 130 cm³/mol. The van der Waals surface area contributed by atoms with Gasteiger partial charge in [-0.15, -0.1) is 0 Å². The van der Waals surface area contributed by atoms with E-state index in [0.29, 0.717) is 24.4 Å². The first kappa shape index (κ1) is 20.0. The maximum atomic E-state index is 13.1. The number of hydrogen-bond donors (Lipinski definition) is 2. The molecule has 172 valence electrons. The van der Waals surface area contributed by atoms with Gasteiger partial charge in [-0.2, -0.15) is 0 Å². The van der Waals surface area contributed by atoms with Crippen LogP contribution in [-0.2, 0) is 6.54 Å². The quantitative estimate of drug-likeness (QED) is 0.538. The number of rotatable bonds is 4. The van der Waals surface area contributed by atoms with E-state index in [4.69, 9.17) is 9.47 Å². The Morgan fingerprint density at radius 3 is 2.71 bits per heavy atom. The normalized spacial score (nSPS) is 27.6. The highest BCUT2D eigenvalue weighted by molar-refractivity contribution is 5.95. The van der Waals surface area contributed by atoms with E-state index in [2.05, 4.69) is 53.1 Å². The fraction of sp³-hybridized carbons (Fsp3) is 0.345. The first-order chi connectivity index (χ1) is 16.7. The van der Waals surface area contributed by atoms with Crippen molar-refractivity contribution in [1.29, 1.82) is 0 Å². The molecule has 3 aromatic carbocycles. The van der Waals surface area contributed by atoms with E-state index < -0.39 is 0 Å². The third-order valence-electron chi connectivity index (χ3n) is 8.40. The monoisotopic (exact) mass is 452 g/mol. The molecule has 5 nitrogen and oxygen atoms in total. The van der Waals surface area contributed by atoms with Crippen LogP contribution in [0.3, 0.4) is 0 Å². The summed E-state index contributed by atoms with van der Waals surface area (Å²) in [5.41, 5.74) is 5.63. The summed E-state index contributed by atoms with van der Waals surface area (Å²) in [5, 5.41) is 6.95. The molecule has 2 fully saturated rings. The number of carbonyl (C=O) groups is 1. The van der Waals surface area contributed by atoms with Crippen molar-refractivity contribution in [2.75, 3.05) is 12.1 Å². The minimum absolute atomic E-state index is 0.0367. The van der Waals surface area contributed by atoms with Crippen LogP contribution in [0.5, 0.6) is 11.5 Å². The molecule has 2 N–H and O–H groups in total. The average molecular weight is 453 g/mol. The Labute approximate surface area is 199 Å². The molecule has 2 saturated carbocycles. The highest BCUT2D eigenvalue weighted by Gasteiger charge is 2.53. The molecule has 2 aliphatic heterocycles. The summed E-state index contributed by atoms with van der Waals surface area (Å²) >= 11 is 0. The van der Waals surface area contributed by atoms with Crippen molar-refractivity contribution in [3.63, 3.8) is 0 Å². The van der Waals surface area contributed by atoms with E-state index in [0.717, 1.165) is 34.5 Å². The largest absolute Gasteiger partial charge is 0.454 e. The summed E-state index contributed by atoms with van der Waals surface area (Å²) in [6.07, 6.45) is 3.97. The molecule has 2 bridgehead atoms. The lowest BCUT2D eigenvalue weighted by Crippen LogP contribution is -2.35. The summed E-state index contributed by atoms with van der Waals surface area (Å²) in [4.78, 5) is 13.1. The molecule has 2 aliphatic carbocycles. The number of ether oxygens (including phenoxy) is 2. The smallest absolute Gasteiger partial charge is 0.251 e. The Morgan fingerprint density at radius 1 is 0.941 bits per heavy atom. The van der Waals surface area contributed by atoms with E-state index in [1.54, 1.807) is 0 Å². The molecule has 7 rings (SSSR count). The number of fused-ring (bicyclic) bond motifs is 8. The number of anilines is 1. The Hall–Kier alpha value is -3.47. The molecule has 0 aromatic heterocycles. The second kappa shape index (κ2) is 7.79. The number of carbonyl (C=O) groups excluding carboxylic acids is 1. The van der Waals surface area contributed by atoms with Crippen LogP contribution in [0.15, 0.2) is 66.7 Å². The number of nitrogens with one attached hydrogen (secondary N) is 2.